The molecule has 0 aliphatic heterocycles. The lowest BCUT2D eigenvalue weighted by atomic mass is 10.0. The molecule has 0 bridgehead atoms. The summed E-state index contributed by atoms with van der Waals surface area (Å²) in [5, 5.41) is 6.23. The van der Waals surface area contributed by atoms with Crippen LogP contribution in [-0.4, -0.2) is 11.5 Å². The maximum Gasteiger partial charge on any atom is 0.123 e. The molecule has 1 heterocycles. The van der Waals surface area contributed by atoms with Crippen molar-refractivity contribution in [3.05, 3.63) is 51.7 Å². The molecule has 0 radical (unpaired) electrons. The lowest BCUT2D eigenvalue weighted by Crippen LogP contribution is -2.13. The van der Waals surface area contributed by atoms with Crippen molar-refractivity contribution in [1.82, 2.24) is 10.3 Å². The quantitative estimate of drug-likeness (QED) is 0.882. The Bertz CT molecular complexity index is 468. The van der Waals surface area contributed by atoms with E-state index in [0.29, 0.717) is 6.42 Å². The highest BCUT2D eigenvalue weighted by Crippen LogP contribution is 2.17. The number of benzene rings is 1. The highest BCUT2D eigenvalue weighted by Gasteiger charge is 2.06. The maximum absolute atomic E-state index is 13.3. The average molecular weight is 250 g/mol. The molecule has 0 aliphatic rings. The highest BCUT2D eigenvalue weighted by molar-refractivity contribution is 7.09. The number of hydrogen-bond acceptors (Lipinski definition) is 3. The Morgan fingerprint density at radius 2 is 2.24 bits per heavy atom. The zero-order chi connectivity index (χ0) is 12.1. The van der Waals surface area contributed by atoms with Crippen LogP contribution in [0.25, 0.3) is 0 Å². The Kier molecular flexibility index (Phi) is 4.23. The van der Waals surface area contributed by atoms with Crippen LogP contribution in [0.2, 0.25) is 0 Å². The zero-order valence-electron chi connectivity index (χ0n) is 9.74. The Hall–Kier alpha value is -1.26. The van der Waals surface area contributed by atoms with E-state index in [9.17, 15) is 4.39 Å². The molecule has 2 aromatic rings. The van der Waals surface area contributed by atoms with Crippen molar-refractivity contribution in [3.63, 3.8) is 0 Å². The molecule has 0 unspecified atom stereocenters. The Balaban J connectivity index is 2.20. The number of rotatable bonds is 5. The minimum Gasteiger partial charge on any atom is -0.313 e. The van der Waals surface area contributed by atoms with Crippen molar-refractivity contribution < 1.29 is 4.39 Å². The zero-order valence-corrected chi connectivity index (χ0v) is 10.6. The maximum atomic E-state index is 13.3. The summed E-state index contributed by atoms with van der Waals surface area (Å²) in [5.41, 5.74) is 2.16. The van der Waals surface area contributed by atoms with Crippen LogP contribution >= 0.6 is 11.3 Å². The molecule has 4 heteroatoms. The second kappa shape index (κ2) is 5.89. The SMILES string of the molecule is CCNCc1ccc(F)cc1Cc1nccs1. The fourth-order valence-electron chi connectivity index (χ4n) is 1.69. The third-order valence-corrected chi connectivity index (χ3v) is 3.34. The van der Waals surface area contributed by atoms with E-state index in [1.165, 1.54) is 6.07 Å². The number of aromatic nitrogens is 1. The molecule has 17 heavy (non-hydrogen) atoms. The van der Waals surface area contributed by atoms with E-state index in [4.69, 9.17) is 0 Å². The standard InChI is InChI=1S/C13H15FN2S/c1-2-15-9-10-3-4-12(14)7-11(10)8-13-16-5-6-17-13/h3-7,15H,2,8-9H2,1H3. The number of hydrogen-bond donors (Lipinski definition) is 1. The molecule has 2 nitrogen and oxygen atoms in total. The first kappa shape index (κ1) is 12.2. The monoisotopic (exact) mass is 250 g/mol. The van der Waals surface area contributed by atoms with Gasteiger partial charge in [-0.1, -0.05) is 13.0 Å². The van der Waals surface area contributed by atoms with Gasteiger partial charge < -0.3 is 5.32 Å². The summed E-state index contributed by atoms with van der Waals surface area (Å²) in [6.07, 6.45) is 2.49. The van der Waals surface area contributed by atoms with Gasteiger partial charge in [-0.05, 0) is 29.8 Å². The van der Waals surface area contributed by atoms with Crippen molar-refractivity contribution in [1.29, 1.82) is 0 Å². The molecule has 0 fully saturated rings. The Morgan fingerprint density at radius 3 is 2.94 bits per heavy atom. The fourth-order valence-corrected chi connectivity index (χ4v) is 2.33. The van der Waals surface area contributed by atoms with Crippen molar-refractivity contribution in [2.45, 2.75) is 19.9 Å². The molecule has 0 aliphatic carbocycles. The molecule has 1 aromatic carbocycles. The van der Waals surface area contributed by atoms with Gasteiger partial charge in [0.2, 0.25) is 0 Å². The molecule has 0 saturated carbocycles. The number of thiazole rings is 1. The number of nitrogens with zero attached hydrogens (tertiary/aromatic N) is 1. The lowest BCUT2D eigenvalue weighted by Gasteiger charge is -2.09. The third-order valence-electron chi connectivity index (χ3n) is 2.56. The van der Waals surface area contributed by atoms with Crippen LogP contribution in [0.4, 0.5) is 4.39 Å². The van der Waals surface area contributed by atoms with Gasteiger partial charge >= 0.3 is 0 Å². The van der Waals surface area contributed by atoms with Crippen molar-refractivity contribution in [3.8, 4) is 0 Å². The molecule has 0 spiro atoms. The summed E-state index contributed by atoms with van der Waals surface area (Å²) in [6.45, 7) is 3.75. The molecule has 1 aromatic heterocycles. The van der Waals surface area contributed by atoms with Crippen LogP contribution in [0.1, 0.15) is 23.1 Å². The van der Waals surface area contributed by atoms with Gasteiger partial charge in [-0.25, -0.2) is 9.37 Å². The van der Waals surface area contributed by atoms with E-state index in [1.54, 1.807) is 23.6 Å². The fraction of sp³-hybridized carbons (Fsp3) is 0.308. The van der Waals surface area contributed by atoms with E-state index in [2.05, 4.69) is 17.2 Å². The van der Waals surface area contributed by atoms with Gasteiger partial charge in [0.25, 0.3) is 0 Å². The van der Waals surface area contributed by atoms with E-state index < -0.39 is 0 Å². The summed E-state index contributed by atoms with van der Waals surface area (Å²) in [4.78, 5) is 4.24. The van der Waals surface area contributed by atoms with E-state index >= 15 is 0 Å². The summed E-state index contributed by atoms with van der Waals surface area (Å²) < 4.78 is 13.3. The third kappa shape index (κ3) is 3.35. The van der Waals surface area contributed by atoms with E-state index in [0.717, 1.165) is 29.2 Å². The second-order valence-electron chi connectivity index (χ2n) is 3.80. The first-order chi connectivity index (χ1) is 8.29. The molecule has 90 valence electrons. The van der Waals surface area contributed by atoms with E-state index in [1.807, 2.05) is 11.4 Å². The van der Waals surface area contributed by atoms with Gasteiger partial charge in [0, 0.05) is 24.5 Å². The van der Waals surface area contributed by atoms with Gasteiger partial charge in [0.1, 0.15) is 5.82 Å². The van der Waals surface area contributed by atoms with Gasteiger partial charge in [0.15, 0.2) is 0 Å². The van der Waals surface area contributed by atoms with Crippen molar-refractivity contribution in [2.75, 3.05) is 6.54 Å². The van der Waals surface area contributed by atoms with Crippen LogP contribution < -0.4 is 5.32 Å². The summed E-state index contributed by atoms with van der Waals surface area (Å²) in [6, 6.07) is 4.97. The Morgan fingerprint density at radius 1 is 1.35 bits per heavy atom. The first-order valence-electron chi connectivity index (χ1n) is 5.66. The average Bonchev–Trinajstić information content (AvgIpc) is 2.81. The smallest absolute Gasteiger partial charge is 0.123 e. The minimum atomic E-state index is -0.184. The number of nitrogens with one attached hydrogen (secondary N) is 1. The van der Waals surface area contributed by atoms with Crippen LogP contribution in [0.15, 0.2) is 29.8 Å². The van der Waals surface area contributed by atoms with Gasteiger partial charge in [0.05, 0.1) is 5.01 Å². The molecular weight excluding hydrogens is 235 g/mol. The predicted molar refractivity (Wildman–Crippen MR) is 68.7 cm³/mol. The largest absolute Gasteiger partial charge is 0.313 e. The Labute approximate surface area is 105 Å². The van der Waals surface area contributed by atoms with Crippen molar-refractivity contribution in [2.24, 2.45) is 0 Å². The first-order valence-corrected chi connectivity index (χ1v) is 6.54. The summed E-state index contributed by atoms with van der Waals surface area (Å²) >= 11 is 1.60. The van der Waals surface area contributed by atoms with Gasteiger partial charge in [-0.2, -0.15) is 0 Å². The summed E-state index contributed by atoms with van der Waals surface area (Å²) in [7, 11) is 0. The molecule has 0 amide bonds. The molecule has 1 N–H and O–H groups in total. The van der Waals surface area contributed by atoms with Crippen LogP contribution in [-0.2, 0) is 13.0 Å². The van der Waals surface area contributed by atoms with Crippen molar-refractivity contribution >= 4 is 11.3 Å². The molecule has 0 atom stereocenters. The second-order valence-corrected chi connectivity index (χ2v) is 4.78. The topological polar surface area (TPSA) is 24.9 Å². The number of halogens is 1. The lowest BCUT2D eigenvalue weighted by molar-refractivity contribution is 0.623. The highest BCUT2D eigenvalue weighted by atomic mass is 32.1. The van der Waals surface area contributed by atoms with Crippen LogP contribution in [0, 0.1) is 5.82 Å². The van der Waals surface area contributed by atoms with Crippen LogP contribution in [0.3, 0.4) is 0 Å². The molecular formula is C13H15FN2S. The normalized spacial score (nSPS) is 10.7. The molecule has 2 rings (SSSR count). The van der Waals surface area contributed by atoms with E-state index in [-0.39, 0.29) is 5.82 Å². The van der Waals surface area contributed by atoms with Gasteiger partial charge in [-0.15, -0.1) is 11.3 Å². The van der Waals surface area contributed by atoms with Crippen LogP contribution in [0.5, 0.6) is 0 Å². The molecule has 0 saturated heterocycles. The minimum absolute atomic E-state index is 0.184. The summed E-state index contributed by atoms with van der Waals surface area (Å²) in [5.74, 6) is -0.184. The van der Waals surface area contributed by atoms with Gasteiger partial charge in [-0.3, -0.25) is 0 Å². The predicted octanol–water partition coefficient (Wildman–Crippen LogP) is 2.98.